The molecule has 0 spiro atoms. The molecule has 138 heavy (non-hydrogen) atoms. The third kappa shape index (κ3) is 23.3. The normalized spacial score (nSPS) is 15.0. The molecule has 7 amide bonds. The zero-order chi connectivity index (χ0) is 98.7. The van der Waals surface area contributed by atoms with Crippen LogP contribution in [0.3, 0.4) is 0 Å². The Morgan fingerprint density at radius 3 is 1.48 bits per heavy atom. The topological polar surface area (TPSA) is 296 Å². The number of nitrogens with one attached hydrogen (secondary N) is 1. The fraction of sp³-hybridized carbons (Fsp3) is 0.333. The number of aryl methyl sites for hydroxylation is 1. The van der Waals surface area contributed by atoms with Crippen LogP contribution in [0, 0.1) is 37.0 Å². The van der Waals surface area contributed by atoms with Crippen LogP contribution < -0.4 is 20.5 Å². The summed E-state index contributed by atoms with van der Waals surface area (Å²) in [6, 6.07) is 42.1. The molecule has 6 aliphatic heterocycles. The maximum atomic E-state index is 14.0. The quantitative estimate of drug-likeness (QED) is 0.0232. The molecule has 4 aromatic heterocycles. The second-order valence-corrected chi connectivity index (χ2v) is 40.5. The number of methoxy groups -OCH3 is 2. The Kier molecular flexibility index (Phi) is 32.9. The fourth-order valence-electron chi connectivity index (χ4n) is 19.6. The number of fused-ring (bicyclic) bond motifs is 6. The zero-order valence-corrected chi connectivity index (χ0v) is 85.2. The molecule has 718 valence electrons. The summed E-state index contributed by atoms with van der Waals surface area (Å²) < 4.78 is 22.4. The van der Waals surface area contributed by atoms with Crippen LogP contribution >= 0.6 is 63.7 Å². The van der Waals surface area contributed by atoms with E-state index in [0.717, 1.165) is 125 Å². The Morgan fingerprint density at radius 2 is 0.978 bits per heavy atom. The maximum Gasteiger partial charge on any atom is 0.256 e. The van der Waals surface area contributed by atoms with E-state index < -0.39 is 0 Å². The monoisotopic (exact) mass is 2120 g/mol. The number of nitrogens with zero attached hydrogens (tertiary/aromatic N) is 11. The van der Waals surface area contributed by atoms with E-state index in [1.807, 2.05) is 135 Å². The summed E-state index contributed by atoms with van der Waals surface area (Å²) in [5, 5.41) is 6.44. The number of nitrogens with two attached hydrogens (primary N) is 1. The van der Waals surface area contributed by atoms with Gasteiger partial charge < -0.3 is 68.2 Å². The first kappa shape index (κ1) is 101. The first-order chi connectivity index (χ1) is 66.2. The van der Waals surface area contributed by atoms with Crippen LogP contribution in [0.15, 0.2) is 232 Å². The smallest absolute Gasteiger partial charge is 0.256 e. The van der Waals surface area contributed by atoms with Gasteiger partial charge in [0.15, 0.2) is 23.1 Å². The van der Waals surface area contributed by atoms with Gasteiger partial charge in [-0.3, -0.25) is 57.7 Å². The molecule has 0 unspecified atom stereocenters. The van der Waals surface area contributed by atoms with Crippen molar-refractivity contribution in [2.45, 2.75) is 118 Å². The molecule has 3 N–H and O–H groups in total. The van der Waals surface area contributed by atoms with Crippen molar-refractivity contribution in [3.8, 4) is 22.6 Å². The molecule has 7 aromatic carbocycles. The molecular formula is C108H115Br4N13O13. The minimum Gasteiger partial charge on any atom is -0.496 e. The van der Waals surface area contributed by atoms with E-state index in [0.29, 0.717) is 146 Å². The number of hydrogen-bond donors (Lipinski definition) is 2. The number of Topliss-reactive ketones (excluding diaryl/α,β-unsaturated/α-hetero) is 4. The van der Waals surface area contributed by atoms with Gasteiger partial charge in [0.25, 0.3) is 17.7 Å². The highest BCUT2D eigenvalue weighted by molar-refractivity contribution is 9.11. The van der Waals surface area contributed by atoms with Crippen molar-refractivity contribution in [3.05, 3.63) is 283 Å². The third-order valence-electron chi connectivity index (χ3n) is 26.5. The molecule has 0 saturated carbocycles. The summed E-state index contributed by atoms with van der Waals surface area (Å²) in [6.45, 7) is 33.2. The first-order valence-corrected chi connectivity index (χ1v) is 49.4. The van der Waals surface area contributed by atoms with E-state index in [4.69, 9.17) is 15.2 Å². The van der Waals surface area contributed by atoms with E-state index in [1.165, 1.54) is 41.6 Å². The lowest BCUT2D eigenvalue weighted by molar-refractivity contribution is -0.140. The number of carbonyl (C=O) groups is 11. The van der Waals surface area contributed by atoms with Crippen molar-refractivity contribution in [2.24, 2.45) is 33.9 Å². The standard InChI is InChI=1S/C30H32BrN3O4.C28H28BrN3O4.C27H29BrN2O2.C23H26BrN5O3/c1-5-27(36)33-17-30(3,18-33)14-22(35)16-34-19(2)28(24-13-21(31)9-10-25(24)34)29(37)32-12-11-23-20(15-32)7-6-8-26(23)38-4;1-3-27(34)32-13-18(14-32)11-21(33)16-31-17-24(23-12-20(29)7-8-25(23)31)28(35)30-10-9-22-19(15-30)5-4-6-26(22)36-2;1-5-26(32)29-13-19(14-29)10-23(31)15-30-16-25(21-8-6-7-20(11-21)17(2)3)24-12-22(28)9-18(4)27(24)30;1-2-22(31)29-12-16(13-29)10-18(30)14-28-15-20(19-11-17(24)4-5-21(19)28)23(32)27-9-8-26-7-3-6-25/h5-10,13H,1,11-12,14-18H2,2-4H3;3-8,12,17-18H,1,9-11,13-16H2,2H3;5-9,11-12,16-17,19H,1,10,13-15H2,2-4H3;2-7,11,15-16H,1,8-10,12-14,25H2,(H,27,32). The van der Waals surface area contributed by atoms with Crippen LogP contribution in [0.5, 0.6) is 11.5 Å². The van der Waals surface area contributed by atoms with Gasteiger partial charge in [0.1, 0.15) is 11.5 Å². The summed E-state index contributed by atoms with van der Waals surface area (Å²) in [4.78, 5) is 154. The zero-order valence-electron chi connectivity index (χ0n) is 78.8. The minimum absolute atomic E-state index is 0.0326. The molecule has 26 nitrogen and oxygen atoms in total. The number of ketones is 4. The Hall–Kier alpha value is -12.6. The van der Waals surface area contributed by atoms with Crippen molar-refractivity contribution in [2.75, 3.05) is 92.8 Å². The van der Waals surface area contributed by atoms with Crippen molar-refractivity contribution < 1.29 is 62.2 Å². The predicted octanol–water partition coefficient (Wildman–Crippen LogP) is 17.5. The van der Waals surface area contributed by atoms with E-state index in [2.05, 4.69) is 168 Å². The third-order valence-corrected chi connectivity index (χ3v) is 28.4. The lowest BCUT2D eigenvalue weighted by atomic mass is 9.77. The molecule has 0 atom stereocenters. The van der Waals surface area contributed by atoms with Crippen molar-refractivity contribution in [1.29, 1.82) is 0 Å². The molecule has 4 fully saturated rings. The summed E-state index contributed by atoms with van der Waals surface area (Å²) in [5.74, 6) is 2.53. The van der Waals surface area contributed by atoms with Crippen molar-refractivity contribution >= 4 is 178 Å². The van der Waals surface area contributed by atoms with Gasteiger partial charge in [-0.2, -0.15) is 0 Å². The molecule has 4 saturated heterocycles. The number of allylic oxidation sites excluding steroid dienone is 1. The number of ether oxygens (including phenoxy) is 2. The first-order valence-electron chi connectivity index (χ1n) is 46.2. The van der Waals surface area contributed by atoms with Crippen LogP contribution in [0.25, 0.3) is 54.7 Å². The lowest BCUT2D eigenvalue weighted by Gasteiger charge is -2.47. The summed E-state index contributed by atoms with van der Waals surface area (Å²) in [7, 11) is 3.34. The number of halogens is 4. The van der Waals surface area contributed by atoms with Crippen molar-refractivity contribution in [3.63, 3.8) is 0 Å². The van der Waals surface area contributed by atoms with Crippen LogP contribution in [-0.2, 0) is 90.5 Å². The highest BCUT2D eigenvalue weighted by Gasteiger charge is 2.43. The number of rotatable bonds is 31. The molecule has 0 radical (unpaired) electrons. The summed E-state index contributed by atoms with van der Waals surface area (Å²) in [6.07, 6.45) is 18.6. The number of hydrogen-bond acceptors (Lipinski definition) is 15. The second kappa shape index (κ2) is 44.9. The predicted molar refractivity (Wildman–Crippen MR) is 554 cm³/mol. The van der Waals surface area contributed by atoms with E-state index in [9.17, 15) is 52.7 Å². The van der Waals surface area contributed by atoms with Gasteiger partial charge in [0.05, 0.1) is 69.2 Å². The average Bonchev–Trinajstić information content (AvgIpc) is 1.58. The van der Waals surface area contributed by atoms with E-state index >= 15 is 0 Å². The van der Waals surface area contributed by atoms with Gasteiger partial charge in [0.2, 0.25) is 23.6 Å². The second-order valence-electron chi connectivity index (χ2n) is 36.9. The van der Waals surface area contributed by atoms with Crippen LogP contribution in [0.4, 0.5) is 0 Å². The highest BCUT2D eigenvalue weighted by atomic mass is 79.9. The Balaban J connectivity index is 0.000000147. The lowest BCUT2D eigenvalue weighted by Crippen LogP contribution is -2.57. The van der Waals surface area contributed by atoms with E-state index in [1.54, 1.807) is 52.3 Å². The number of aliphatic imine (C=N–C) groups is 1. The highest BCUT2D eigenvalue weighted by Crippen LogP contribution is 2.41. The number of benzene rings is 7. The molecule has 6 aliphatic rings. The van der Waals surface area contributed by atoms with Gasteiger partial charge >= 0.3 is 0 Å². The Bertz CT molecular complexity index is 6710. The SMILES string of the molecule is C=CC(=O)N1CC(C)(CC(=O)Cn2c(C)c(C(=O)N3CCc4c(cccc4OC)C3)c3cc(Br)ccc32)C1.C=CC(=O)N1CC(CC(=O)Cn2cc(-c3cccc(C(C)C)c3)c3cc(Br)cc(C)c32)C1.C=CC(=O)N1CC(CC(=O)Cn2cc(C(=O)N3CCc4c(cccc4OC)C3)c3cc(Br)ccc32)C1.C=CC(=O)N1CC(CC(=O)Cn2cc(C(=O)NCCN=CC=CN)c3cc(Br)ccc32)C1. The molecule has 0 bridgehead atoms. The Labute approximate surface area is 837 Å². The number of aromatic nitrogens is 4. The van der Waals surface area contributed by atoms with Crippen LogP contribution in [-0.4, -0.2) is 211 Å². The molecule has 30 heteroatoms. The summed E-state index contributed by atoms with van der Waals surface area (Å²) >= 11 is 14.2. The molecule has 0 aliphatic carbocycles. The van der Waals surface area contributed by atoms with Gasteiger partial charge in [-0.25, -0.2) is 0 Å². The number of amides is 7. The molecule has 11 aromatic rings. The van der Waals surface area contributed by atoms with Gasteiger partial charge in [-0.15, -0.1) is 0 Å². The number of likely N-dealkylation sites (tertiary alicyclic amines) is 4. The fourth-order valence-corrected chi connectivity index (χ4v) is 21.2. The van der Waals surface area contributed by atoms with Gasteiger partial charge in [-0.1, -0.05) is 159 Å². The number of carbonyl (C=O) groups excluding carboxylic acids is 11. The average molecular weight is 2120 g/mol. The van der Waals surface area contributed by atoms with Gasteiger partial charge in [-0.05, 0) is 176 Å². The maximum absolute atomic E-state index is 14.0. The largest absolute Gasteiger partial charge is 0.496 e. The van der Waals surface area contributed by atoms with Crippen LogP contribution in [0.1, 0.15) is 123 Å². The molecule has 17 rings (SSSR count). The van der Waals surface area contributed by atoms with Crippen molar-refractivity contribution in [1.82, 2.24) is 53.0 Å². The van der Waals surface area contributed by atoms with Gasteiger partial charge in [0, 0.05) is 237 Å². The minimum atomic E-state index is -0.240. The van der Waals surface area contributed by atoms with E-state index in [-0.39, 0.29) is 107 Å². The van der Waals surface area contributed by atoms with Crippen LogP contribution in [0.2, 0.25) is 0 Å². The molecular weight excluding hydrogens is 2010 g/mol. The summed E-state index contributed by atoms with van der Waals surface area (Å²) in [5.41, 5.74) is 20.4. The molecule has 10 heterocycles. The Morgan fingerprint density at radius 1 is 0.514 bits per heavy atom.